The Hall–Kier alpha value is -2.65. The Morgan fingerprint density at radius 1 is 1.10 bits per heavy atom. The smallest absolute Gasteiger partial charge is 0.311 e. The lowest BCUT2D eigenvalue weighted by Crippen LogP contribution is -2.59. The van der Waals surface area contributed by atoms with Gasteiger partial charge in [0.15, 0.2) is 0 Å². The zero-order valence-corrected chi connectivity index (χ0v) is 18.8. The summed E-state index contributed by atoms with van der Waals surface area (Å²) >= 11 is 0. The van der Waals surface area contributed by atoms with Crippen LogP contribution in [0.25, 0.3) is 5.57 Å². The van der Waals surface area contributed by atoms with E-state index in [0.29, 0.717) is 6.04 Å². The average Bonchev–Trinajstić information content (AvgIpc) is 2.75. The predicted octanol–water partition coefficient (Wildman–Crippen LogP) is 5.88. The minimum atomic E-state index is -0.482. The van der Waals surface area contributed by atoms with Crippen LogP contribution in [-0.4, -0.2) is 28.6 Å². The van der Waals surface area contributed by atoms with Crippen LogP contribution in [-0.2, 0) is 16.1 Å². The number of hydrogen-bond donors (Lipinski definition) is 0. The monoisotopic (exact) mass is 415 g/mol. The molecule has 1 unspecified atom stereocenters. The first-order valence-corrected chi connectivity index (χ1v) is 11.3. The number of ether oxygens (including phenoxy) is 1. The van der Waals surface area contributed by atoms with Crippen molar-refractivity contribution < 1.29 is 9.53 Å². The maximum Gasteiger partial charge on any atom is 0.311 e. The first-order valence-electron chi connectivity index (χ1n) is 11.3. The summed E-state index contributed by atoms with van der Waals surface area (Å²) in [6.45, 7) is 10.7. The molecule has 162 valence electrons. The van der Waals surface area contributed by atoms with Gasteiger partial charge in [-0.05, 0) is 50.3 Å². The van der Waals surface area contributed by atoms with Crippen LogP contribution in [0.15, 0.2) is 79.4 Å². The Kier molecular flexibility index (Phi) is 6.15. The molecule has 0 N–H and O–H groups in total. The summed E-state index contributed by atoms with van der Waals surface area (Å²) in [4.78, 5) is 15.7. The van der Waals surface area contributed by atoms with Gasteiger partial charge in [0.1, 0.15) is 5.60 Å². The van der Waals surface area contributed by atoms with Crippen molar-refractivity contribution in [2.75, 3.05) is 0 Å². The number of nitrogens with zero attached hydrogens (tertiary/aromatic N) is 1. The molecule has 0 aromatic heterocycles. The fourth-order valence-electron chi connectivity index (χ4n) is 5.15. The number of rotatable bonds is 6. The summed E-state index contributed by atoms with van der Waals surface area (Å²) in [5.41, 5.74) is 3.40. The van der Waals surface area contributed by atoms with Crippen LogP contribution in [0.4, 0.5) is 0 Å². The highest BCUT2D eigenvalue weighted by molar-refractivity contribution is 5.79. The second kappa shape index (κ2) is 8.84. The highest BCUT2D eigenvalue weighted by Gasteiger charge is 2.50. The van der Waals surface area contributed by atoms with Crippen LogP contribution in [0.1, 0.15) is 44.7 Å². The fourth-order valence-corrected chi connectivity index (χ4v) is 5.15. The zero-order valence-electron chi connectivity index (χ0n) is 18.8. The van der Waals surface area contributed by atoms with Crippen LogP contribution in [0.5, 0.6) is 0 Å². The lowest BCUT2D eigenvalue weighted by atomic mass is 9.66. The van der Waals surface area contributed by atoms with Gasteiger partial charge in [-0.1, -0.05) is 72.8 Å². The molecule has 2 aromatic rings. The molecule has 1 aliphatic carbocycles. The average molecular weight is 416 g/mol. The molecule has 31 heavy (non-hydrogen) atoms. The molecule has 2 aliphatic heterocycles. The Labute approximate surface area is 186 Å². The summed E-state index contributed by atoms with van der Waals surface area (Å²) in [5.74, 6) is 0.0362. The summed E-state index contributed by atoms with van der Waals surface area (Å²) in [7, 11) is 0. The zero-order chi connectivity index (χ0) is 22.0. The molecule has 2 heterocycles. The van der Waals surface area contributed by atoms with Gasteiger partial charge in [-0.3, -0.25) is 9.69 Å². The normalized spacial score (nSPS) is 25.7. The van der Waals surface area contributed by atoms with Gasteiger partial charge < -0.3 is 4.74 Å². The van der Waals surface area contributed by atoms with Crippen LogP contribution in [0.2, 0.25) is 0 Å². The summed E-state index contributed by atoms with van der Waals surface area (Å²) in [5, 5.41) is 0. The fraction of sp³-hybridized carbons (Fsp3) is 0.393. The highest BCUT2D eigenvalue weighted by atomic mass is 16.6. The van der Waals surface area contributed by atoms with E-state index in [1.165, 1.54) is 16.7 Å². The van der Waals surface area contributed by atoms with Crippen molar-refractivity contribution in [1.82, 2.24) is 4.90 Å². The van der Waals surface area contributed by atoms with E-state index in [0.717, 1.165) is 19.4 Å². The second-order valence-electron chi connectivity index (χ2n) is 9.71. The molecule has 4 atom stereocenters. The van der Waals surface area contributed by atoms with Crippen LogP contribution >= 0.6 is 0 Å². The Morgan fingerprint density at radius 2 is 1.74 bits per heavy atom. The minimum Gasteiger partial charge on any atom is -0.460 e. The van der Waals surface area contributed by atoms with E-state index < -0.39 is 5.60 Å². The van der Waals surface area contributed by atoms with Gasteiger partial charge in [0.2, 0.25) is 0 Å². The van der Waals surface area contributed by atoms with Gasteiger partial charge in [0.05, 0.1) is 5.92 Å². The number of esters is 1. The Bertz CT molecular complexity index is 942. The number of hydrogen-bond acceptors (Lipinski definition) is 3. The number of benzene rings is 2. The van der Waals surface area contributed by atoms with E-state index in [1.54, 1.807) is 0 Å². The third kappa shape index (κ3) is 4.67. The number of fused-ring (bicyclic) bond motifs is 2. The largest absolute Gasteiger partial charge is 0.460 e. The summed E-state index contributed by atoms with van der Waals surface area (Å²) in [6.07, 6.45) is 6.08. The lowest BCUT2D eigenvalue weighted by molar-refractivity contribution is -0.166. The molecule has 5 rings (SSSR count). The summed E-state index contributed by atoms with van der Waals surface area (Å²) in [6, 6.07) is 21.5. The molecule has 0 amide bonds. The molecular weight excluding hydrogens is 382 g/mol. The number of carbonyl (C=O) groups excluding carboxylic acids is 1. The molecule has 2 bridgehead atoms. The Morgan fingerprint density at radius 3 is 2.35 bits per heavy atom. The van der Waals surface area contributed by atoms with Crippen molar-refractivity contribution in [3.63, 3.8) is 0 Å². The molecule has 3 nitrogen and oxygen atoms in total. The van der Waals surface area contributed by atoms with Gasteiger partial charge in [0, 0.05) is 24.5 Å². The third-order valence-corrected chi connectivity index (χ3v) is 6.38. The molecular formula is C28H33NO2. The van der Waals surface area contributed by atoms with Gasteiger partial charge in [0.25, 0.3) is 0 Å². The van der Waals surface area contributed by atoms with E-state index >= 15 is 0 Å². The van der Waals surface area contributed by atoms with Crippen LogP contribution in [0, 0.1) is 11.8 Å². The van der Waals surface area contributed by atoms with Gasteiger partial charge in [-0.15, -0.1) is 6.58 Å². The van der Waals surface area contributed by atoms with E-state index in [9.17, 15) is 4.79 Å². The number of carbonyl (C=O) groups is 1. The molecule has 0 radical (unpaired) electrons. The van der Waals surface area contributed by atoms with Crippen molar-refractivity contribution >= 4 is 11.5 Å². The minimum absolute atomic E-state index is 0.0141. The molecule has 1 fully saturated rings. The van der Waals surface area contributed by atoms with Crippen LogP contribution in [0.3, 0.4) is 0 Å². The highest BCUT2D eigenvalue weighted by Crippen LogP contribution is 2.48. The molecule has 3 heteroatoms. The molecule has 3 aliphatic rings. The van der Waals surface area contributed by atoms with Crippen LogP contribution < -0.4 is 0 Å². The predicted molar refractivity (Wildman–Crippen MR) is 126 cm³/mol. The van der Waals surface area contributed by atoms with Gasteiger partial charge in [-0.2, -0.15) is 0 Å². The van der Waals surface area contributed by atoms with Crippen molar-refractivity contribution in [2.24, 2.45) is 11.8 Å². The van der Waals surface area contributed by atoms with Crippen molar-refractivity contribution in [3.8, 4) is 0 Å². The first-order chi connectivity index (χ1) is 14.9. The summed E-state index contributed by atoms with van der Waals surface area (Å²) < 4.78 is 5.85. The standard InChI is InChI=1S/C28H33NO2/c1-5-12-25-23-17-24(27(30)31-28(2,3)4)26(18-22(23)21-15-10-7-11-16-21)29(25)19-20-13-8-6-9-14-20/h5-11,13-16,18,23-26H,1,12,17,19H2,2-4H3/t23-,24-,25?,26+/m0/s1. The molecule has 0 spiro atoms. The SMILES string of the molecule is C=CCC1[C@H]2C[C@H](C(=O)OC(C)(C)C)[C@@H](C=C2c2ccccc2)N1Cc1ccccc1. The van der Waals surface area contributed by atoms with Crippen molar-refractivity contribution in [2.45, 2.75) is 57.8 Å². The van der Waals surface area contributed by atoms with E-state index in [-0.39, 0.29) is 23.8 Å². The van der Waals surface area contributed by atoms with Crippen molar-refractivity contribution in [1.29, 1.82) is 0 Å². The maximum atomic E-state index is 13.2. The van der Waals surface area contributed by atoms with E-state index in [2.05, 4.69) is 72.2 Å². The topological polar surface area (TPSA) is 29.5 Å². The van der Waals surface area contributed by atoms with Gasteiger partial charge >= 0.3 is 5.97 Å². The maximum absolute atomic E-state index is 13.2. The first kappa shape index (κ1) is 21.6. The van der Waals surface area contributed by atoms with Gasteiger partial charge in [-0.25, -0.2) is 0 Å². The third-order valence-electron chi connectivity index (χ3n) is 6.38. The molecule has 0 saturated carbocycles. The Balaban J connectivity index is 1.74. The molecule has 1 saturated heterocycles. The molecule has 2 aromatic carbocycles. The quantitative estimate of drug-likeness (QED) is 0.436. The lowest BCUT2D eigenvalue weighted by Gasteiger charge is -2.53. The van der Waals surface area contributed by atoms with Crippen molar-refractivity contribution in [3.05, 3.63) is 90.5 Å². The number of piperidine rings is 1. The van der Waals surface area contributed by atoms with E-state index in [1.807, 2.05) is 32.9 Å². The van der Waals surface area contributed by atoms with E-state index in [4.69, 9.17) is 4.74 Å². The second-order valence-corrected chi connectivity index (χ2v) is 9.71.